The fraction of sp³-hybridized carbons (Fsp3) is 0.444. The highest BCUT2D eigenvalue weighted by Crippen LogP contribution is 2.26. The zero-order valence-electron chi connectivity index (χ0n) is 19.6. The lowest BCUT2D eigenvalue weighted by molar-refractivity contribution is -0.136. The zero-order valence-corrected chi connectivity index (χ0v) is 20.4. The molecule has 0 bridgehead atoms. The summed E-state index contributed by atoms with van der Waals surface area (Å²) in [7, 11) is 0. The van der Waals surface area contributed by atoms with Crippen molar-refractivity contribution < 1.29 is 14.4 Å². The Morgan fingerprint density at radius 2 is 1.47 bits per heavy atom. The van der Waals surface area contributed by atoms with E-state index in [1.807, 2.05) is 41.0 Å². The maximum Gasteiger partial charge on any atom is 0.254 e. The third-order valence-corrected chi connectivity index (χ3v) is 7.34. The average molecular weight is 482 g/mol. The smallest absolute Gasteiger partial charge is 0.254 e. The summed E-state index contributed by atoms with van der Waals surface area (Å²) < 4.78 is 0. The van der Waals surface area contributed by atoms with Crippen LogP contribution in [0.15, 0.2) is 48.5 Å². The van der Waals surface area contributed by atoms with Gasteiger partial charge in [0.15, 0.2) is 0 Å². The summed E-state index contributed by atoms with van der Waals surface area (Å²) in [5, 5.41) is 3.37. The van der Waals surface area contributed by atoms with E-state index in [0.717, 1.165) is 37.9 Å². The molecule has 4 rings (SSSR count). The van der Waals surface area contributed by atoms with Crippen molar-refractivity contribution in [1.82, 2.24) is 15.1 Å². The zero-order chi connectivity index (χ0) is 24.1. The minimum absolute atomic E-state index is 0.0237. The van der Waals surface area contributed by atoms with E-state index in [0.29, 0.717) is 42.1 Å². The van der Waals surface area contributed by atoms with Gasteiger partial charge in [-0.2, -0.15) is 0 Å². The van der Waals surface area contributed by atoms with Crippen molar-refractivity contribution in [3.63, 3.8) is 0 Å². The van der Waals surface area contributed by atoms with Gasteiger partial charge in [0.1, 0.15) is 6.04 Å². The Kier molecular flexibility index (Phi) is 7.88. The first kappa shape index (κ1) is 24.3. The first-order chi connectivity index (χ1) is 16.5. The lowest BCUT2D eigenvalue weighted by Crippen LogP contribution is -2.55. The van der Waals surface area contributed by atoms with Gasteiger partial charge in [0.2, 0.25) is 5.91 Å². The van der Waals surface area contributed by atoms with E-state index in [1.165, 1.54) is 0 Å². The molecule has 2 aromatic carbocycles. The van der Waals surface area contributed by atoms with Crippen LogP contribution in [0.4, 0.5) is 0 Å². The normalized spacial score (nSPS) is 17.8. The number of carbonyl (C=O) groups excluding carboxylic acids is 3. The molecule has 1 unspecified atom stereocenters. The minimum Gasteiger partial charge on any atom is -0.341 e. The summed E-state index contributed by atoms with van der Waals surface area (Å²) in [5.41, 5.74) is 2.04. The van der Waals surface area contributed by atoms with E-state index in [9.17, 15) is 14.4 Å². The molecule has 1 atom stereocenters. The standard InChI is InChI=1S/C27H32ClN3O3/c1-19-9-3-4-10-21(19)26(33)31-17-13-20(14-18-31)24(27(34)30-15-7-2-8-16-30)29-25(32)22-11-5-6-12-23(22)28/h3-6,9-12,20,24H,2,7-8,13-18H2,1H3,(H,29,32). The Bertz CT molecular complexity index is 1040. The molecule has 0 aromatic heterocycles. The molecule has 2 aromatic rings. The molecular formula is C27H32ClN3O3. The summed E-state index contributed by atoms with van der Waals surface area (Å²) in [6, 6.07) is 13.9. The maximum atomic E-state index is 13.5. The van der Waals surface area contributed by atoms with Crippen LogP contribution in [0.2, 0.25) is 5.02 Å². The molecule has 180 valence electrons. The van der Waals surface area contributed by atoms with Crippen molar-refractivity contribution in [1.29, 1.82) is 0 Å². The number of piperidine rings is 2. The molecule has 2 heterocycles. The maximum absolute atomic E-state index is 13.5. The fourth-order valence-corrected chi connectivity index (χ4v) is 5.20. The Morgan fingerprint density at radius 3 is 2.12 bits per heavy atom. The van der Waals surface area contributed by atoms with E-state index in [1.54, 1.807) is 24.3 Å². The quantitative estimate of drug-likeness (QED) is 0.691. The number of halogens is 1. The van der Waals surface area contributed by atoms with Crippen LogP contribution in [0.25, 0.3) is 0 Å². The van der Waals surface area contributed by atoms with E-state index < -0.39 is 6.04 Å². The van der Waals surface area contributed by atoms with Crippen LogP contribution >= 0.6 is 11.6 Å². The third kappa shape index (κ3) is 5.44. The van der Waals surface area contributed by atoms with Crippen LogP contribution < -0.4 is 5.32 Å². The van der Waals surface area contributed by atoms with Crippen LogP contribution in [0.3, 0.4) is 0 Å². The first-order valence-electron chi connectivity index (χ1n) is 12.1. The lowest BCUT2D eigenvalue weighted by atomic mass is 9.87. The number of nitrogens with zero attached hydrogens (tertiary/aromatic N) is 2. The largest absolute Gasteiger partial charge is 0.341 e. The first-order valence-corrected chi connectivity index (χ1v) is 12.5. The van der Waals surface area contributed by atoms with Crippen molar-refractivity contribution in [3.05, 3.63) is 70.2 Å². The van der Waals surface area contributed by atoms with Crippen LogP contribution in [0, 0.1) is 12.8 Å². The Hall–Kier alpha value is -2.86. The van der Waals surface area contributed by atoms with Gasteiger partial charge in [-0.3, -0.25) is 14.4 Å². The lowest BCUT2D eigenvalue weighted by Gasteiger charge is -2.38. The second-order valence-electron chi connectivity index (χ2n) is 9.26. The predicted octanol–water partition coefficient (Wildman–Crippen LogP) is 4.31. The highest BCUT2D eigenvalue weighted by molar-refractivity contribution is 6.33. The Labute approximate surface area is 206 Å². The number of nitrogens with one attached hydrogen (secondary N) is 1. The molecule has 2 fully saturated rings. The summed E-state index contributed by atoms with van der Waals surface area (Å²) >= 11 is 6.24. The highest BCUT2D eigenvalue weighted by Gasteiger charge is 2.37. The average Bonchev–Trinajstić information content (AvgIpc) is 2.87. The van der Waals surface area contributed by atoms with Gasteiger partial charge in [-0.15, -0.1) is 0 Å². The number of rotatable bonds is 5. The van der Waals surface area contributed by atoms with Gasteiger partial charge in [-0.1, -0.05) is 41.9 Å². The van der Waals surface area contributed by atoms with Crippen molar-refractivity contribution in [2.75, 3.05) is 26.2 Å². The second kappa shape index (κ2) is 11.0. The predicted molar refractivity (Wildman–Crippen MR) is 133 cm³/mol. The molecule has 0 aliphatic carbocycles. The second-order valence-corrected chi connectivity index (χ2v) is 9.67. The molecule has 34 heavy (non-hydrogen) atoms. The van der Waals surface area contributed by atoms with Crippen molar-refractivity contribution in [3.8, 4) is 0 Å². The number of likely N-dealkylation sites (tertiary alicyclic amines) is 2. The molecule has 0 radical (unpaired) electrons. The summed E-state index contributed by atoms with van der Waals surface area (Å²) in [6.07, 6.45) is 4.41. The van der Waals surface area contributed by atoms with Gasteiger partial charge < -0.3 is 15.1 Å². The topological polar surface area (TPSA) is 69.7 Å². The molecule has 7 heteroatoms. The van der Waals surface area contributed by atoms with E-state index in [4.69, 9.17) is 11.6 Å². The third-order valence-electron chi connectivity index (χ3n) is 7.01. The van der Waals surface area contributed by atoms with E-state index >= 15 is 0 Å². The number of hydrogen-bond donors (Lipinski definition) is 1. The van der Waals surface area contributed by atoms with Gasteiger partial charge in [0.25, 0.3) is 11.8 Å². The van der Waals surface area contributed by atoms with Gasteiger partial charge in [0, 0.05) is 31.7 Å². The van der Waals surface area contributed by atoms with Crippen molar-refractivity contribution >= 4 is 29.3 Å². The molecule has 1 N–H and O–H groups in total. The summed E-state index contributed by atoms with van der Waals surface area (Å²) in [4.78, 5) is 43.4. The monoisotopic (exact) mass is 481 g/mol. The van der Waals surface area contributed by atoms with Crippen LogP contribution in [0.5, 0.6) is 0 Å². The fourth-order valence-electron chi connectivity index (χ4n) is 4.98. The van der Waals surface area contributed by atoms with Crippen molar-refractivity contribution in [2.24, 2.45) is 5.92 Å². The van der Waals surface area contributed by atoms with Crippen LogP contribution in [0.1, 0.15) is 58.4 Å². The van der Waals surface area contributed by atoms with Gasteiger partial charge in [0.05, 0.1) is 10.6 Å². The highest BCUT2D eigenvalue weighted by atomic mass is 35.5. The van der Waals surface area contributed by atoms with Gasteiger partial charge in [-0.05, 0) is 68.7 Å². The molecule has 0 saturated carbocycles. The Morgan fingerprint density at radius 1 is 0.853 bits per heavy atom. The van der Waals surface area contributed by atoms with Crippen LogP contribution in [-0.4, -0.2) is 59.7 Å². The molecule has 6 nitrogen and oxygen atoms in total. The molecule has 0 spiro atoms. The SMILES string of the molecule is Cc1ccccc1C(=O)N1CCC(C(NC(=O)c2ccccc2Cl)C(=O)N2CCCCC2)CC1. The number of benzene rings is 2. The molecule has 3 amide bonds. The minimum atomic E-state index is -0.627. The van der Waals surface area contributed by atoms with Crippen LogP contribution in [-0.2, 0) is 4.79 Å². The van der Waals surface area contributed by atoms with Gasteiger partial charge in [-0.25, -0.2) is 0 Å². The number of carbonyl (C=O) groups is 3. The summed E-state index contributed by atoms with van der Waals surface area (Å²) in [6.45, 7) is 4.51. The van der Waals surface area contributed by atoms with Gasteiger partial charge >= 0.3 is 0 Å². The molecule has 2 aliphatic rings. The number of hydrogen-bond acceptors (Lipinski definition) is 3. The molecule has 2 saturated heterocycles. The molecular weight excluding hydrogens is 450 g/mol. The van der Waals surface area contributed by atoms with Crippen molar-refractivity contribution in [2.45, 2.75) is 45.1 Å². The number of amides is 3. The summed E-state index contributed by atoms with van der Waals surface area (Å²) in [5.74, 6) is -0.375. The van der Waals surface area contributed by atoms with E-state index in [2.05, 4.69) is 5.32 Å². The van der Waals surface area contributed by atoms with E-state index in [-0.39, 0.29) is 23.6 Å². The molecule has 2 aliphatic heterocycles. The number of aryl methyl sites for hydroxylation is 1. The Balaban J connectivity index is 1.48.